The maximum atomic E-state index is 10.8. The van der Waals surface area contributed by atoms with Gasteiger partial charge < -0.3 is 5.11 Å². The van der Waals surface area contributed by atoms with Gasteiger partial charge in [0.2, 0.25) is 0 Å². The third kappa shape index (κ3) is 2.24. The quantitative estimate of drug-likeness (QED) is 0.876. The molecule has 1 aliphatic heterocycles. The second kappa shape index (κ2) is 4.50. The SMILES string of the molecule is CC(Cc1ccc2c(c1)C(C)CS2)C(=O)O. The topological polar surface area (TPSA) is 37.3 Å². The maximum Gasteiger partial charge on any atom is 0.306 e. The molecule has 0 bridgehead atoms. The Morgan fingerprint density at radius 3 is 3.06 bits per heavy atom. The molecule has 2 unspecified atom stereocenters. The predicted molar refractivity (Wildman–Crippen MR) is 66.1 cm³/mol. The summed E-state index contributed by atoms with van der Waals surface area (Å²) in [5.74, 6) is 0.721. The lowest BCUT2D eigenvalue weighted by Crippen LogP contribution is -2.12. The van der Waals surface area contributed by atoms with Crippen molar-refractivity contribution >= 4 is 17.7 Å². The van der Waals surface area contributed by atoms with Crippen LogP contribution in [0.1, 0.15) is 30.9 Å². The first kappa shape index (κ1) is 11.5. The summed E-state index contributed by atoms with van der Waals surface area (Å²) in [5.41, 5.74) is 2.53. The van der Waals surface area contributed by atoms with Crippen molar-refractivity contribution < 1.29 is 9.90 Å². The molecule has 0 amide bonds. The summed E-state index contributed by atoms with van der Waals surface area (Å²) in [5, 5.41) is 8.88. The van der Waals surface area contributed by atoms with E-state index in [1.165, 1.54) is 10.5 Å². The Kier molecular flexibility index (Phi) is 3.24. The van der Waals surface area contributed by atoms with Crippen LogP contribution in [0, 0.1) is 5.92 Å². The Hall–Kier alpha value is -0.960. The van der Waals surface area contributed by atoms with Crippen LogP contribution in [0.2, 0.25) is 0 Å². The van der Waals surface area contributed by atoms with Crippen LogP contribution in [0.3, 0.4) is 0 Å². The molecule has 16 heavy (non-hydrogen) atoms. The Morgan fingerprint density at radius 1 is 1.62 bits per heavy atom. The third-order valence-electron chi connectivity index (χ3n) is 3.06. The molecule has 0 aliphatic carbocycles. The van der Waals surface area contributed by atoms with Gasteiger partial charge in [-0.3, -0.25) is 4.79 Å². The molecular weight excluding hydrogens is 220 g/mol. The van der Waals surface area contributed by atoms with Crippen LogP contribution in [0.5, 0.6) is 0 Å². The van der Waals surface area contributed by atoms with Crippen LogP contribution in [-0.4, -0.2) is 16.8 Å². The van der Waals surface area contributed by atoms with Crippen LogP contribution in [0.15, 0.2) is 23.1 Å². The van der Waals surface area contributed by atoms with Crippen molar-refractivity contribution in [2.24, 2.45) is 5.92 Å². The highest BCUT2D eigenvalue weighted by molar-refractivity contribution is 7.99. The molecule has 86 valence electrons. The van der Waals surface area contributed by atoms with E-state index in [0.717, 1.165) is 11.3 Å². The summed E-state index contributed by atoms with van der Waals surface area (Å²) >= 11 is 1.89. The zero-order valence-corrected chi connectivity index (χ0v) is 10.4. The summed E-state index contributed by atoms with van der Waals surface area (Å²) < 4.78 is 0. The summed E-state index contributed by atoms with van der Waals surface area (Å²) in [6.07, 6.45) is 0.625. The van der Waals surface area contributed by atoms with Crippen molar-refractivity contribution in [2.75, 3.05) is 5.75 Å². The van der Waals surface area contributed by atoms with Crippen molar-refractivity contribution in [1.29, 1.82) is 0 Å². The molecule has 0 saturated carbocycles. The van der Waals surface area contributed by atoms with Gasteiger partial charge in [-0.05, 0) is 29.5 Å². The van der Waals surface area contributed by atoms with Crippen molar-refractivity contribution in [1.82, 2.24) is 0 Å². The molecule has 1 aliphatic rings. The van der Waals surface area contributed by atoms with Crippen LogP contribution >= 0.6 is 11.8 Å². The van der Waals surface area contributed by atoms with E-state index in [4.69, 9.17) is 5.11 Å². The smallest absolute Gasteiger partial charge is 0.306 e. The number of carboxylic acids is 1. The molecule has 2 rings (SSSR count). The molecule has 1 aromatic rings. The lowest BCUT2D eigenvalue weighted by molar-refractivity contribution is -0.141. The van der Waals surface area contributed by atoms with Crippen molar-refractivity contribution in [3.8, 4) is 0 Å². The summed E-state index contributed by atoms with van der Waals surface area (Å²) in [6.45, 7) is 3.98. The van der Waals surface area contributed by atoms with E-state index in [1.54, 1.807) is 6.92 Å². The Labute approximate surface area is 100 Å². The summed E-state index contributed by atoms with van der Waals surface area (Å²) in [4.78, 5) is 12.2. The number of fused-ring (bicyclic) bond motifs is 1. The highest BCUT2D eigenvalue weighted by Crippen LogP contribution is 2.39. The Bertz CT molecular complexity index is 414. The largest absolute Gasteiger partial charge is 0.481 e. The maximum absolute atomic E-state index is 10.8. The minimum absolute atomic E-state index is 0.303. The fourth-order valence-electron chi connectivity index (χ4n) is 1.99. The van der Waals surface area contributed by atoms with Crippen LogP contribution < -0.4 is 0 Å². The number of benzene rings is 1. The number of hydrogen-bond acceptors (Lipinski definition) is 2. The third-order valence-corrected chi connectivity index (χ3v) is 4.41. The molecule has 0 saturated heterocycles. The van der Waals surface area contributed by atoms with E-state index in [2.05, 4.69) is 25.1 Å². The van der Waals surface area contributed by atoms with Crippen molar-refractivity contribution in [3.63, 3.8) is 0 Å². The number of thioether (sulfide) groups is 1. The molecule has 1 heterocycles. The van der Waals surface area contributed by atoms with E-state index in [9.17, 15) is 4.79 Å². The number of hydrogen-bond donors (Lipinski definition) is 1. The molecule has 1 N–H and O–H groups in total. The predicted octanol–water partition coefficient (Wildman–Crippen LogP) is 3.16. The monoisotopic (exact) mass is 236 g/mol. The van der Waals surface area contributed by atoms with Crippen molar-refractivity contribution in [3.05, 3.63) is 29.3 Å². The van der Waals surface area contributed by atoms with Crippen LogP contribution in [0.25, 0.3) is 0 Å². The second-order valence-electron chi connectivity index (χ2n) is 4.53. The number of carboxylic acid groups (broad SMARTS) is 1. The molecule has 0 fully saturated rings. The zero-order chi connectivity index (χ0) is 11.7. The standard InChI is InChI=1S/C13H16O2S/c1-8(13(14)15)5-10-3-4-12-11(6-10)9(2)7-16-12/h3-4,6,8-9H,5,7H2,1-2H3,(H,14,15). The normalized spacial score (nSPS) is 20.5. The first-order valence-corrected chi connectivity index (χ1v) is 6.55. The van der Waals surface area contributed by atoms with Gasteiger partial charge in [0.1, 0.15) is 0 Å². The lowest BCUT2D eigenvalue weighted by atomic mass is 9.96. The number of rotatable bonds is 3. The van der Waals surface area contributed by atoms with E-state index in [1.807, 2.05) is 11.8 Å². The van der Waals surface area contributed by atoms with Gasteiger partial charge in [0.05, 0.1) is 5.92 Å². The van der Waals surface area contributed by atoms with E-state index in [-0.39, 0.29) is 5.92 Å². The molecule has 0 spiro atoms. The molecule has 2 atom stereocenters. The summed E-state index contributed by atoms with van der Waals surface area (Å²) in [7, 11) is 0. The highest BCUT2D eigenvalue weighted by atomic mass is 32.2. The van der Waals surface area contributed by atoms with Gasteiger partial charge in [-0.2, -0.15) is 0 Å². The first-order valence-electron chi connectivity index (χ1n) is 5.56. The van der Waals surface area contributed by atoms with Crippen LogP contribution in [0.4, 0.5) is 0 Å². The number of aliphatic carboxylic acids is 1. The lowest BCUT2D eigenvalue weighted by Gasteiger charge is -2.09. The van der Waals surface area contributed by atoms with E-state index < -0.39 is 5.97 Å². The van der Waals surface area contributed by atoms with E-state index >= 15 is 0 Å². The Morgan fingerprint density at radius 2 is 2.38 bits per heavy atom. The zero-order valence-electron chi connectivity index (χ0n) is 9.56. The van der Waals surface area contributed by atoms with Gasteiger partial charge in [-0.1, -0.05) is 26.0 Å². The van der Waals surface area contributed by atoms with Gasteiger partial charge in [0.25, 0.3) is 0 Å². The second-order valence-corrected chi connectivity index (χ2v) is 5.59. The van der Waals surface area contributed by atoms with Gasteiger partial charge in [0, 0.05) is 10.6 Å². The molecule has 2 nitrogen and oxygen atoms in total. The highest BCUT2D eigenvalue weighted by Gasteiger charge is 2.20. The van der Waals surface area contributed by atoms with Gasteiger partial charge >= 0.3 is 5.97 Å². The molecule has 3 heteroatoms. The molecule has 0 aromatic heterocycles. The molecular formula is C13H16O2S. The average Bonchev–Trinajstić information content (AvgIpc) is 2.60. The molecule has 1 aromatic carbocycles. The summed E-state index contributed by atoms with van der Waals surface area (Å²) in [6, 6.07) is 6.37. The minimum Gasteiger partial charge on any atom is -0.481 e. The van der Waals surface area contributed by atoms with E-state index in [0.29, 0.717) is 12.3 Å². The fraction of sp³-hybridized carbons (Fsp3) is 0.462. The van der Waals surface area contributed by atoms with Gasteiger partial charge in [-0.15, -0.1) is 11.8 Å². The van der Waals surface area contributed by atoms with Crippen LogP contribution in [-0.2, 0) is 11.2 Å². The number of carbonyl (C=O) groups is 1. The molecule has 0 radical (unpaired) electrons. The first-order chi connectivity index (χ1) is 7.58. The Balaban J connectivity index is 2.18. The van der Waals surface area contributed by atoms with Gasteiger partial charge in [0.15, 0.2) is 0 Å². The fourth-order valence-corrected chi connectivity index (χ4v) is 3.19. The van der Waals surface area contributed by atoms with Gasteiger partial charge in [-0.25, -0.2) is 0 Å². The average molecular weight is 236 g/mol. The van der Waals surface area contributed by atoms with Crippen molar-refractivity contribution in [2.45, 2.75) is 31.1 Å². The minimum atomic E-state index is -0.720.